The van der Waals surface area contributed by atoms with Crippen LogP contribution in [0.3, 0.4) is 0 Å². The second-order valence-corrected chi connectivity index (χ2v) is 6.00. The molecule has 0 fully saturated rings. The molecule has 0 aliphatic carbocycles. The van der Waals surface area contributed by atoms with Gasteiger partial charge in [0.05, 0.1) is 19.8 Å². The maximum atomic E-state index is 12.3. The highest BCUT2D eigenvalue weighted by atomic mass is 35.5. The van der Waals surface area contributed by atoms with Crippen LogP contribution in [0.2, 0.25) is 5.02 Å². The van der Waals surface area contributed by atoms with E-state index in [9.17, 15) is 9.59 Å². The van der Waals surface area contributed by atoms with Crippen LogP contribution >= 0.6 is 11.6 Å². The first-order chi connectivity index (χ1) is 12.3. The Morgan fingerprint density at radius 3 is 2.38 bits per heavy atom. The Balaban J connectivity index is 2.06. The standard InChI is InChI=1S/C19H20ClNO5/c1-11-5-7-14(20)10-15(11)21-18(22)12(2)26-19(23)13-6-8-16(24-3)17(9-13)25-4/h5-10,12H,1-4H3,(H,21,22). The normalized spacial score (nSPS) is 11.4. The lowest BCUT2D eigenvalue weighted by Crippen LogP contribution is -2.30. The number of nitrogens with one attached hydrogen (secondary N) is 1. The van der Waals surface area contributed by atoms with Crippen molar-refractivity contribution in [3.63, 3.8) is 0 Å². The Morgan fingerprint density at radius 1 is 1.04 bits per heavy atom. The summed E-state index contributed by atoms with van der Waals surface area (Å²) >= 11 is 5.94. The molecule has 2 aromatic carbocycles. The third kappa shape index (κ3) is 4.67. The zero-order valence-corrected chi connectivity index (χ0v) is 15.7. The van der Waals surface area contributed by atoms with E-state index in [2.05, 4.69) is 5.32 Å². The monoisotopic (exact) mass is 377 g/mol. The maximum absolute atomic E-state index is 12.3. The number of hydrogen-bond acceptors (Lipinski definition) is 5. The average molecular weight is 378 g/mol. The summed E-state index contributed by atoms with van der Waals surface area (Å²) in [6.45, 7) is 3.33. The molecule has 0 bridgehead atoms. The summed E-state index contributed by atoms with van der Waals surface area (Å²) in [5.41, 5.74) is 1.67. The molecular formula is C19H20ClNO5. The van der Waals surface area contributed by atoms with E-state index in [0.29, 0.717) is 22.2 Å². The maximum Gasteiger partial charge on any atom is 0.339 e. The van der Waals surface area contributed by atoms with Gasteiger partial charge in [0, 0.05) is 10.7 Å². The minimum Gasteiger partial charge on any atom is -0.493 e. The van der Waals surface area contributed by atoms with Gasteiger partial charge in [0.15, 0.2) is 17.6 Å². The van der Waals surface area contributed by atoms with Crippen molar-refractivity contribution in [3.05, 3.63) is 52.5 Å². The Morgan fingerprint density at radius 2 is 1.73 bits per heavy atom. The largest absolute Gasteiger partial charge is 0.493 e. The van der Waals surface area contributed by atoms with E-state index in [0.717, 1.165) is 5.56 Å². The molecule has 26 heavy (non-hydrogen) atoms. The van der Waals surface area contributed by atoms with E-state index in [1.54, 1.807) is 24.3 Å². The molecule has 1 N–H and O–H groups in total. The molecule has 0 heterocycles. The number of aryl methyl sites for hydroxylation is 1. The van der Waals surface area contributed by atoms with Crippen molar-refractivity contribution in [2.75, 3.05) is 19.5 Å². The number of anilines is 1. The number of esters is 1. The van der Waals surface area contributed by atoms with Crippen LogP contribution < -0.4 is 14.8 Å². The smallest absolute Gasteiger partial charge is 0.339 e. The van der Waals surface area contributed by atoms with Crippen LogP contribution in [0, 0.1) is 6.92 Å². The number of ether oxygens (including phenoxy) is 3. The highest BCUT2D eigenvalue weighted by molar-refractivity contribution is 6.31. The summed E-state index contributed by atoms with van der Waals surface area (Å²) in [7, 11) is 2.97. The molecule has 0 saturated heterocycles. The second kappa shape index (κ2) is 8.58. The first-order valence-corrected chi connectivity index (χ1v) is 8.23. The van der Waals surface area contributed by atoms with Crippen molar-refractivity contribution in [1.29, 1.82) is 0 Å². The Kier molecular flexibility index (Phi) is 6.46. The van der Waals surface area contributed by atoms with E-state index in [-0.39, 0.29) is 5.56 Å². The number of benzene rings is 2. The van der Waals surface area contributed by atoms with Crippen LogP contribution in [0.1, 0.15) is 22.8 Å². The van der Waals surface area contributed by atoms with Crippen molar-refractivity contribution in [1.82, 2.24) is 0 Å². The number of methoxy groups -OCH3 is 2. The minimum absolute atomic E-state index is 0.251. The van der Waals surface area contributed by atoms with Crippen LogP contribution in [0.25, 0.3) is 0 Å². The highest BCUT2D eigenvalue weighted by Crippen LogP contribution is 2.28. The average Bonchev–Trinajstić information content (AvgIpc) is 2.63. The molecule has 138 valence electrons. The molecule has 2 rings (SSSR count). The molecule has 1 unspecified atom stereocenters. The van der Waals surface area contributed by atoms with E-state index in [1.165, 1.54) is 33.3 Å². The molecule has 0 radical (unpaired) electrons. The number of halogens is 1. The second-order valence-electron chi connectivity index (χ2n) is 5.57. The predicted octanol–water partition coefficient (Wildman–Crippen LogP) is 3.85. The molecule has 6 nitrogen and oxygen atoms in total. The fraction of sp³-hybridized carbons (Fsp3) is 0.263. The van der Waals surface area contributed by atoms with Crippen molar-refractivity contribution in [2.45, 2.75) is 20.0 Å². The van der Waals surface area contributed by atoms with Crippen molar-refractivity contribution in [3.8, 4) is 11.5 Å². The SMILES string of the molecule is COc1ccc(C(=O)OC(C)C(=O)Nc2cc(Cl)ccc2C)cc1OC. The van der Waals surface area contributed by atoms with Crippen molar-refractivity contribution >= 4 is 29.2 Å². The molecule has 0 aliphatic rings. The van der Waals surface area contributed by atoms with Crippen LogP contribution in [-0.4, -0.2) is 32.2 Å². The van der Waals surface area contributed by atoms with Gasteiger partial charge in [-0.15, -0.1) is 0 Å². The lowest BCUT2D eigenvalue weighted by molar-refractivity contribution is -0.123. The van der Waals surface area contributed by atoms with Crippen LogP contribution in [0.15, 0.2) is 36.4 Å². The van der Waals surface area contributed by atoms with Gasteiger partial charge in [-0.1, -0.05) is 17.7 Å². The van der Waals surface area contributed by atoms with Crippen LogP contribution in [0.4, 0.5) is 5.69 Å². The molecule has 1 amide bonds. The lowest BCUT2D eigenvalue weighted by Gasteiger charge is -2.15. The third-order valence-corrected chi connectivity index (χ3v) is 3.96. The molecule has 1 atom stereocenters. The summed E-state index contributed by atoms with van der Waals surface area (Å²) in [5, 5.41) is 3.20. The first kappa shape index (κ1) is 19.6. The molecule has 0 saturated carbocycles. The molecule has 7 heteroatoms. The van der Waals surface area contributed by atoms with Gasteiger partial charge in [0.25, 0.3) is 5.91 Å². The van der Waals surface area contributed by atoms with Gasteiger partial charge in [-0.2, -0.15) is 0 Å². The topological polar surface area (TPSA) is 73.9 Å². The number of carbonyl (C=O) groups excluding carboxylic acids is 2. The summed E-state index contributed by atoms with van der Waals surface area (Å²) < 4.78 is 15.5. The van der Waals surface area contributed by atoms with Gasteiger partial charge in [-0.05, 0) is 49.7 Å². The highest BCUT2D eigenvalue weighted by Gasteiger charge is 2.20. The summed E-state index contributed by atoms with van der Waals surface area (Å²) in [6.07, 6.45) is -0.992. The molecular weight excluding hydrogens is 358 g/mol. The Bertz CT molecular complexity index is 822. The summed E-state index contributed by atoms with van der Waals surface area (Å²) in [4.78, 5) is 24.6. The van der Waals surface area contributed by atoms with Gasteiger partial charge < -0.3 is 19.5 Å². The predicted molar refractivity (Wildman–Crippen MR) is 99.2 cm³/mol. The first-order valence-electron chi connectivity index (χ1n) is 7.85. The van der Waals surface area contributed by atoms with Crippen molar-refractivity contribution in [2.24, 2.45) is 0 Å². The Labute approximate surface area is 157 Å². The van der Waals surface area contributed by atoms with Crippen molar-refractivity contribution < 1.29 is 23.8 Å². The minimum atomic E-state index is -0.992. The van der Waals surface area contributed by atoms with E-state index in [1.807, 2.05) is 6.92 Å². The quantitative estimate of drug-likeness (QED) is 0.774. The number of rotatable bonds is 6. The molecule has 0 spiro atoms. The van der Waals surface area contributed by atoms with Gasteiger partial charge in [0.1, 0.15) is 0 Å². The molecule has 2 aromatic rings. The summed E-state index contributed by atoms with van der Waals surface area (Å²) in [6, 6.07) is 9.78. The fourth-order valence-electron chi connectivity index (χ4n) is 2.21. The summed E-state index contributed by atoms with van der Waals surface area (Å²) in [5.74, 6) is -0.208. The van der Waals surface area contributed by atoms with Gasteiger partial charge in [0.2, 0.25) is 0 Å². The fourth-order valence-corrected chi connectivity index (χ4v) is 2.38. The van der Waals surface area contributed by atoms with Gasteiger partial charge >= 0.3 is 5.97 Å². The molecule has 0 aromatic heterocycles. The molecule has 0 aliphatic heterocycles. The van der Waals surface area contributed by atoms with E-state index < -0.39 is 18.0 Å². The zero-order chi connectivity index (χ0) is 19.3. The Hall–Kier alpha value is -2.73. The van der Waals surface area contributed by atoms with E-state index in [4.69, 9.17) is 25.8 Å². The van der Waals surface area contributed by atoms with Crippen LogP contribution in [0.5, 0.6) is 11.5 Å². The third-order valence-electron chi connectivity index (χ3n) is 3.73. The lowest BCUT2D eigenvalue weighted by atomic mass is 10.2. The van der Waals surface area contributed by atoms with Gasteiger partial charge in [-0.25, -0.2) is 4.79 Å². The number of hydrogen-bond donors (Lipinski definition) is 1. The zero-order valence-electron chi connectivity index (χ0n) is 15.0. The number of carbonyl (C=O) groups is 2. The van der Waals surface area contributed by atoms with E-state index >= 15 is 0 Å². The van der Waals surface area contributed by atoms with Crippen LogP contribution in [-0.2, 0) is 9.53 Å². The number of amides is 1. The van der Waals surface area contributed by atoms with Gasteiger partial charge in [-0.3, -0.25) is 4.79 Å².